The summed E-state index contributed by atoms with van der Waals surface area (Å²) < 4.78 is 0. The lowest BCUT2D eigenvalue weighted by molar-refractivity contribution is 0.763. The van der Waals surface area contributed by atoms with Gasteiger partial charge in [-0.3, -0.25) is 0 Å². The summed E-state index contributed by atoms with van der Waals surface area (Å²) in [6.07, 6.45) is 3.43. The quantitative estimate of drug-likeness (QED) is 0.704. The average molecular weight is 289 g/mol. The number of hydrogen-bond acceptors (Lipinski definition) is 0. The van der Waals surface area contributed by atoms with Crippen molar-refractivity contribution in [2.75, 3.05) is 0 Å². The van der Waals surface area contributed by atoms with Crippen LogP contribution in [0.1, 0.15) is 17.5 Å². The molecular weight excluding hydrogens is 272 g/mol. The van der Waals surface area contributed by atoms with Gasteiger partial charge in [-0.2, -0.15) is 0 Å². The van der Waals surface area contributed by atoms with Gasteiger partial charge in [0, 0.05) is 4.83 Å². The van der Waals surface area contributed by atoms with Crippen LogP contribution in [0.3, 0.4) is 0 Å². The monoisotopic (exact) mass is 288 g/mol. The Labute approximate surface area is 112 Å². The van der Waals surface area contributed by atoms with E-state index in [-0.39, 0.29) is 0 Å². The minimum atomic E-state index is 0.560. The van der Waals surface area contributed by atoms with Gasteiger partial charge in [0.25, 0.3) is 0 Å². The maximum atomic E-state index is 3.77. The van der Waals surface area contributed by atoms with E-state index in [1.54, 1.807) is 0 Å². The third kappa shape index (κ3) is 4.35. The van der Waals surface area contributed by atoms with Crippen molar-refractivity contribution in [1.82, 2.24) is 0 Å². The van der Waals surface area contributed by atoms with Crippen LogP contribution < -0.4 is 0 Å². The molecule has 0 N–H and O–H groups in total. The number of aryl methyl sites for hydroxylation is 1. The molecule has 2 aromatic carbocycles. The van der Waals surface area contributed by atoms with Crippen LogP contribution in [-0.2, 0) is 12.8 Å². The molecule has 0 nitrogen and oxygen atoms in total. The molecule has 1 heteroatoms. The number of hydrogen-bond donors (Lipinski definition) is 0. The van der Waals surface area contributed by atoms with Gasteiger partial charge in [0.2, 0.25) is 0 Å². The minimum Gasteiger partial charge on any atom is -0.0887 e. The molecule has 2 rings (SSSR count). The van der Waals surface area contributed by atoms with Crippen molar-refractivity contribution in [3.63, 3.8) is 0 Å². The van der Waals surface area contributed by atoms with E-state index in [0.717, 1.165) is 12.8 Å². The third-order valence-electron chi connectivity index (χ3n) is 2.89. The zero-order chi connectivity index (χ0) is 11.9. The van der Waals surface area contributed by atoms with Crippen LogP contribution in [0.25, 0.3) is 0 Å². The van der Waals surface area contributed by atoms with E-state index < -0.39 is 0 Å². The Morgan fingerprint density at radius 3 is 1.88 bits per heavy atom. The van der Waals surface area contributed by atoms with Crippen molar-refractivity contribution >= 4 is 15.9 Å². The van der Waals surface area contributed by atoms with E-state index in [1.165, 1.54) is 17.5 Å². The summed E-state index contributed by atoms with van der Waals surface area (Å²) in [4.78, 5) is 0.560. The molecule has 0 aliphatic rings. The number of alkyl halides is 1. The smallest absolute Gasteiger partial charge is 0.0189 e. The summed E-state index contributed by atoms with van der Waals surface area (Å²) in [5, 5.41) is 0. The predicted octanol–water partition coefficient (Wildman–Crippen LogP) is 4.63. The Bertz CT molecular complexity index is 422. The first-order valence-corrected chi connectivity index (χ1v) is 6.98. The molecule has 0 aromatic heterocycles. The Balaban J connectivity index is 1.80. The van der Waals surface area contributed by atoms with Gasteiger partial charge in [-0.25, -0.2) is 0 Å². The molecule has 0 aliphatic heterocycles. The fraction of sp³-hybridized carbons (Fsp3) is 0.250. The minimum absolute atomic E-state index is 0.560. The standard InChI is InChI=1S/C16H17Br/c17-16(13-15-9-5-2-6-10-15)12-11-14-7-3-1-4-8-14/h1-10,16H,11-13H2/t16-/m0/s1. The first-order valence-electron chi connectivity index (χ1n) is 6.06. The molecule has 1 atom stereocenters. The van der Waals surface area contributed by atoms with E-state index in [0.29, 0.717) is 4.83 Å². The zero-order valence-corrected chi connectivity index (χ0v) is 11.4. The number of rotatable bonds is 5. The van der Waals surface area contributed by atoms with Crippen LogP contribution in [0.2, 0.25) is 0 Å². The Morgan fingerprint density at radius 2 is 1.29 bits per heavy atom. The molecule has 0 saturated carbocycles. The van der Waals surface area contributed by atoms with Gasteiger partial charge < -0.3 is 0 Å². The SMILES string of the molecule is Br[C@@H](CCc1ccccc1)Cc1ccccc1. The summed E-state index contributed by atoms with van der Waals surface area (Å²) in [6.45, 7) is 0. The Kier molecular flexibility index (Phi) is 4.81. The first-order chi connectivity index (χ1) is 8.34. The maximum Gasteiger partial charge on any atom is 0.0189 e. The van der Waals surface area contributed by atoms with Crippen LogP contribution in [0, 0.1) is 0 Å². The lowest BCUT2D eigenvalue weighted by Gasteiger charge is -2.09. The van der Waals surface area contributed by atoms with E-state index in [9.17, 15) is 0 Å². The predicted molar refractivity (Wildman–Crippen MR) is 77.6 cm³/mol. The van der Waals surface area contributed by atoms with Gasteiger partial charge in [0.15, 0.2) is 0 Å². The lowest BCUT2D eigenvalue weighted by Crippen LogP contribution is -2.04. The van der Waals surface area contributed by atoms with Crippen molar-refractivity contribution in [3.05, 3.63) is 71.8 Å². The molecule has 88 valence electrons. The van der Waals surface area contributed by atoms with Gasteiger partial charge >= 0.3 is 0 Å². The van der Waals surface area contributed by atoms with Crippen molar-refractivity contribution in [2.45, 2.75) is 24.1 Å². The summed E-state index contributed by atoms with van der Waals surface area (Å²) in [6, 6.07) is 21.3. The van der Waals surface area contributed by atoms with Crippen molar-refractivity contribution in [3.8, 4) is 0 Å². The molecule has 0 amide bonds. The van der Waals surface area contributed by atoms with E-state index in [2.05, 4.69) is 76.6 Å². The van der Waals surface area contributed by atoms with E-state index in [1.807, 2.05) is 0 Å². The van der Waals surface area contributed by atoms with Crippen LogP contribution in [0.5, 0.6) is 0 Å². The molecule has 17 heavy (non-hydrogen) atoms. The van der Waals surface area contributed by atoms with Crippen LogP contribution in [0.4, 0.5) is 0 Å². The second-order valence-electron chi connectivity index (χ2n) is 4.31. The highest BCUT2D eigenvalue weighted by Gasteiger charge is 2.05. The van der Waals surface area contributed by atoms with Crippen molar-refractivity contribution in [2.24, 2.45) is 0 Å². The molecule has 0 aliphatic carbocycles. The maximum absolute atomic E-state index is 3.77. The largest absolute Gasteiger partial charge is 0.0887 e. The molecule has 0 saturated heterocycles. The van der Waals surface area contributed by atoms with Gasteiger partial charge in [0.05, 0.1) is 0 Å². The summed E-state index contributed by atoms with van der Waals surface area (Å²) in [7, 11) is 0. The van der Waals surface area contributed by atoms with Crippen molar-refractivity contribution < 1.29 is 0 Å². The second kappa shape index (κ2) is 6.61. The fourth-order valence-electron chi connectivity index (χ4n) is 1.94. The van der Waals surface area contributed by atoms with Gasteiger partial charge in [-0.1, -0.05) is 76.6 Å². The van der Waals surface area contributed by atoms with Gasteiger partial charge in [0.1, 0.15) is 0 Å². The van der Waals surface area contributed by atoms with Crippen LogP contribution >= 0.6 is 15.9 Å². The zero-order valence-electron chi connectivity index (χ0n) is 9.85. The van der Waals surface area contributed by atoms with Crippen molar-refractivity contribution in [1.29, 1.82) is 0 Å². The highest BCUT2D eigenvalue weighted by molar-refractivity contribution is 9.09. The molecule has 0 unspecified atom stereocenters. The summed E-state index contributed by atoms with van der Waals surface area (Å²) >= 11 is 3.77. The number of halogens is 1. The number of benzene rings is 2. The molecule has 0 fully saturated rings. The lowest BCUT2D eigenvalue weighted by atomic mass is 10.0. The molecule has 0 heterocycles. The average Bonchev–Trinajstić information content (AvgIpc) is 2.39. The van der Waals surface area contributed by atoms with Crippen LogP contribution in [0.15, 0.2) is 60.7 Å². The van der Waals surface area contributed by atoms with E-state index >= 15 is 0 Å². The van der Waals surface area contributed by atoms with Gasteiger partial charge in [-0.15, -0.1) is 0 Å². The third-order valence-corrected chi connectivity index (χ3v) is 3.67. The fourth-order valence-corrected chi connectivity index (χ4v) is 2.54. The highest BCUT2D eigenvalue weighted by atomic mass is 79.9. The Morgan fingerprint density at radius 1 is 0.765 bits per heavy atom. The molecule has 2 aromatic rings. The molecule has 0 spiro atoms. The summed E-state index contributed by atoms with van der Waals surface area (Å²) in [5.41, 5.74) is 2.83. The summed E-state index contributed by atoms with van der Waals surface area (Å²) in [5.74, 6) is 0. The topological polar surface area (TPSA) is 0 Å². The molecular formula is C16H17Br. The second-order valence-corrected chi connectivity index (χ2v) is 5.61. The van der Waals surface area contributed by atoms with Crippen LogP contribution in [-0.4, -0.2) is 4.83 Å². The first kappa shape index (κ1) is 12.4. The highest BCUT2D eigenvalue weighted by Crippen LogP contribution is 2.16. The molecule has 0 bridgehead atoms. The normalized spacial score (nSPS) is 12.3. The molecule has 0 radical (unpaired) electrons. The van der Waals surface area contributed by atoms with E-state index in [4.69, 9.17) is 0 Å². The Hall–Kier alpha value is -1.08. The van der Waals surface area contributed by atoms with Gasteiger partial charge in [-0.05, 0) is 30.4 Å².